The Kier molecular flexibility index (Phi) is 6.51. The first-order chi connectivity index (χ1) is 13.3. The lowest BCUT2D eigenvalue weighted by Gasteiger charge is -2.31. The van der Waals surface area contributed by atoms with Gasteiger partial charge in [-0.1, -0.05) is 71.5 Å². The van der Waals surface area contributed by atoms with Crippen LogP contribution in [0.15, 0.2) is 41.9 Å². The van der Waals surface area contributed by atoms with Crippen LogP contribution in [0, 0.1) is 0 Å². The molecule has 0 aliphatic carbocycles. The lowest BCUT2D eigenvalue weighted by molar-refractivity contribution is 0.375. The summed E-state index contributed by atoms with van der Waals surface area (Å²) in [5.41, 5.74) is 14.3. The van der Waals surface area contributed by atoms with Crippen molar-refractivity contribution < 1.29 is 0 Å². The van der Waals surface area contributed by atoms with Gasteiger partial charge in [-0.2, -0.15) is 0 Å². The van der Waals surface area contributed by atoms with E-state index < -0.39 is 0 Å². The Morgan fingerprint density at radius 2 is 1.64 bits per heavy atom. The molecule has 0 bridgehead atoms. The minimum absolute atomic E-state index is 0.0817. The van der Waals surface area contributed by atoms with Crippen LogP contribution in [0.2, 0.25) is 0 Å². The van der Waals surface area contributed by atoms with Gasteiger partial charge in [0.1, 0.15) is 5.50 Å². The van der Waals surface area contributed by atoms with E-state index in [0.717, 1.165) is 12.2 Å². The molecule has 0 radical (unpaired) electrons. The van der Waals surface area contributed by atoms with E-state index in [2.05, 4.69) is 75.0 Å². The molecule has 3 nitrogen and oxygen atoms in total. The van der Waals surface area contributed by atoms with E-state index in [1.165, 1.54) is 28.0 Å². The third kappa shape index (κ3) is 4.28. The predicted octanol–water partition coefficient (Wildman–Crippen LogP) is 6.24. The van der Waals surface area contributed by atoms with Crippen molar-refractivity contribution in [2.75, 3.05) is 0 Å². The first kappa shape index (κ1) is 20.9. The second-order valence-electron chi connectivity index (χ2n) is 8.52. The Labute approximate surface area is 174 Å². The minimum atomic E-state index is -0.0817. The summed E-state index contributed by atoms with van der Waals surface area (Å²) in [7, 11) is 0. The second kappa shape index (κ2) is 8.71. The maximum Gasteiger partial charge on any atom is 0.130 e. The molecule has 28 heavy (non-hydrogen) atoms. The predicted molar refractivity (Wildman–Crippen MR) is 122 cm³/mol. The molecule has 1 aromatic carbocycles. The fourth-order valence-corrected chi connectivity index (χ4v) is 4.56. The minimum Gasteiger partial charge on any atom is -0.340 e. The van der Waals surface area contributed by atoms with E-state index in [1.54, 1.807) is 11.8 Å². The quantitative estimate of drug-likeness (QED) is 0.628. The van der Waals surface area contributed by atoms with E-state index in [-0.39, 0.29) is 5.50 Å². The molecule has 2 heterocycles. The molecular formula is C24H33N3S. The third-order valence-corrected chi connectivity index (χ3v) is 6.28. The van der Waals surface area contributed by atoms with Crippen molar-refractivity contribution in [3.63, 3.8) is 0 Å². The van der Waals surface area contributed by atoms with E-state index in [9.17, 15) is 0 Å². The van der Waals surface area contributed by atoms with Crippen molar-refractivity contribution in [1.82, 2.24) is 9.88 Å². The Balaban J connectivity index is 2.12. The van der Waals surface area contributed by atoms with Crippen LogP contribution >= 0.6 is 11.8 Å². The van der Waals surface area contributed by atoms with Gasteiger partial charge < -0.3 is 10.6 Å². The van der Waals surface area contributed by atoms with Gasteiger partial charge in [-0.05, 0) is 52.0 Å². The van der Waals surface area contributed by atoms with Gasteiger partial charge in [0.15, 0.2) is 0 Å². The van der Waals surface area contributed by atoms with Crippen LogP contribution in [0.4, 0.5) is 0 Å². The maximum absolute atomic E-state index is 6.49. The highest BCUT2D eigenvalue weighted by Crippen LogP contribution is 2.43. The zero-order valence-corrected chi connectivity index (χ0v) is 18.8. The second-order valence-corrected chi connectivity index (χ2v) is 9.51. The Hall–Kier alpha value is -1.78. The molecule has 1 aliphatic rings. The Bertz CT molecular complexity index is 811. The van der Waals surface area contributed by atoms with Gasteiger partial charge in [0, 0.05) is 11.8 Å². The average molecular weight is 396 g/mol. The van der Waals surface area contributed by atoms with Crippen molar-refractivity contribution in [1.29, 1.82) is 0 Å². The van der Waals surface area contributed by atoms with Gasteiger partial charge in [0.2, 0.25) is 0 Å². The van der Waals surface area contributed by atoms with Crippen molar-refractivity contribution >= 4 is 17.5 Å². The molecule has 0 spiro atoms. The topological polar surface area (TPSA) is 42.1 Å². The summed E-state index contributed by atoms with van der Waals surface area (Å²) in [5, 5.41) is 2.25. The van der Waals surface area contributed by atoms with Crippen LogP contribution < -0.4 is 5.73 Å². The van der Waals surface area contributed by atoms with Crippen molar-refractivity contribution in [3.05, 3.63) is 69.9 Å². The summed E-state index contributed by atoms with van der Waals surface area (Å²) in [5.74, 6) is 1.42. The number of hydrogen-bond donors (Lipinski definition) is 1. The monoisotopic (exact) mass is 395 g/mol. The zero-order valence-electron chi connectivity index (χ0n) is 17.9. The largest absolute Gasteiger partial charge is 0.340 e. The molecule has 1 unspecified atom stereocenters. The molecule has 3 rings (SSSR count). The molecule has 2 N–H and O–H groups in total. The van der Waals surface area contributed by atoms with Crippen LogP contribution in [-0.2, 0) is 6.54 Å². The lowest BCUT2D eigenvalue weighted by Crippen LogP contribution is -2.35. The van der Waals surface area contributed by atoms with Crippen molar-refractivity contribution in [3.8, 4) is 0 Å². The number of nitrogens with zero attached hydrogens (tertiary/aromatic N) is 2. The number of hydrogen-bond acceptors (Lipinski definition) is 4. The van der Waals surface area contributed by atoms with E-state index in [0.29, 0.717) is 17.8 Å². The Morgan fingerprint density at radius 3 is 2.14 bits per heavy atom. The number of thioether (sulfide) groups is 1. The van der Waals surface area contributed by atoms with Crippen LogP contribution in [0.1, 0.15) is 87.2 Å². The molecule has 1 atom stereocenters. The molecule has 0 saturated heterocycles. The van der Waals surface area contributed by atoms with E-state index in [1.807, 2.05) is 18.3 Å². The molecule has 0 fully saturated rings. The number of pyridine rings is 1. The third-order valence-electron chi connectivity index (χ3n) is 5.38. The van der Waals surface area contributed by atoms with E-state index in [4.69, 9.17) is 5.73 Å². The van der Waals surface area contributed by atoms with Crippen LogP contribution in [0.5, 0.6) is 0 Å². The zero-order chi connectivity index (χ0) is 20.4. The highest BCUT2D eigenvalue weighted by Gasteiger charge is 2.30. The average Bonchev–Trinajstić information content (AvgIpc) is 3.01. The first-order valence-electron chi connectivity index (χ1n) is 10.3. The summed E-state index contributed by atoms with van der Waals surface area (Å²) < 4.78 is 0. The molecule has 0 amide bonds. The highest BCUT2D eigenvalue weighted by molar-refractivity contribution is 8.03. The fraction of sp³-hybridized carbons (Fsp3) is 0.458. The van der Waals surface area contributed by atoms with Gasteiger partial charge in [0.05, 0.1) is 17.9 Å². The molecule has 150 valence electrons. The van der Waals surface area contributed by atoms with Crippen molar-refractivity contribution in [2.24, 2.45) is 5.73 Å². The summed E-state index contributed by atoms with van der Waals surface area (Å²) in [4.78, 5) is 6.82. The van der Waals surface area contributed by atoms with Crippen LogP contribution in [0.25, 0.3) is 5.70 Å². The van der Waals surface area contributed by atoms with Crippen LogP contribution in [-0.4, -0.2) is 15.4 Å². The summed E-state index contributed by atoms with van der Waals surface area (Å²) in [6, 6.07) is 10.9. The van der Waals surface area contributed by atoms with Gasteiger partial charge in [-0.3, -0.25) is 4.98 Å². The summed E-state index contributed by atoms with van der Waals surface area (Å²) >= 11 is 1.69. The van der Waals surface area contributed by atoms with Gasteiger partial charge >= 0.3 is 0 Å². The molecule has 4 heteroatoms. The fourth-order valence-electron chi connectivity index (χ4n) is 3.71. The molecular weight excluding hydrogens is 362 g/mol. The van der Waals surface area contributed by atoms with Gasteiger partial charge in [-0.15, -0.1) is 0 Å². The summed E-state index contributed by atoms with van der Waals surface area (Å²) in [6.45, 7) is 14.4. The lowest BCUT2D eigenvalue weighted by atomic mass is 9.83. The van der Waals surface area contributed by atoms with Crippen molar-refractivity contribution in [2.45, 2.75) is 71.3 Å². The van der Waals surface area contributed by atoms with Crippen LogP contribution in [0.3, 0.4) is 0 Å². The molecule has 0 saturated carbocycles. The first-order valence-corrected chi connectivity index (χ1v) is 11.2. The molecule has 1 aromatic heterocycles. The van der Waals surface area contributed by atoms with Gasteiger partial charge in [0.25, 0.3) is 0 Å². The molecule has 2 aromatic rings. The van der Waals surface area contributed by atoms with Gasteiger partial charge in [-0.25, -0.2) is 0 Å². The highest BCUT2D eigenvalue weighted by atomic mass is 32.2. The normalized spacial score (nSPS) is 17.1. The number of rotatable bonds is 6. The SMILES string of the molecule is CC(C)c1cc(C(C)C)c(C2=CSC(N)N2Cc2ccccn2)c(C(C)C)c1. The number of nitrogens with two attached hydrogens (primary N) is 1. The smallest absolute Gasteiger partial charge is 0.130 e. The Morgan fingerprint density at radius 1 is 1.00 bits per heavy atom. The summed E-state index contributed by atoms with van der Waals surface area (Å²) in [6.07, 6.45) is 1.85. The standard InChI is InChI=1S/C24H33N3S/c1-15(2)18-11-20(16(3)4)23(21(12-18)17(5)6)22-14-28-24(25)27(22)13-19-9-7-8-10-26-19/h7-12,14-17,24H,13,25H2,1-6H3. The molecule has 1 aliphatic heterocycles. The number of benzene rings is 1. The maximum atomic E-state index is 6.49. The number of aromatic nitrogens is 1. The van der Waals surface area contributed by atoms with E-state index >= 15 is 0 Å².